The lowest BCUT2D eigenvalue weighted by Crippen LogP contribution is -1.98. The van der Waals surface area contributed by atoms with Crippen molar-refractivity contribution in [3.8, 4) is 0 Å². The van der Waals surface area contributed by atoms with Crippen molar-refractivity contribution in [3.63, 3.8) is 0 Å². The molecule has 0 amide bonds. The molecule has 82 valence electrons. The number of benzene rings is 1. The van der Waals surface area contributed by atoms with E-state index in [9.17, 15) is 4.79 Å². The summed E-state index contributed by atoms with van der Waals surface area (Å²) in [5.74, 6) is -0.976. The molecule has 3 nitrogen and oxygen atoms in total. The van der Waals surface area contributed by atoms with Crippen molar-refractivity contribution in [2.75, 3.05) is 0 Å². The fourth-order valence-electron chi connectivity index (χ4n) is 1.12. The molecular weight excluding hydrogens is 270 g/mol. The maximum Gasteiger partial charge on any atom is 0.336 e. The molecule has 0 spiro atoms. The molecule has 1 rings (SSSR count). The van der Waals surface area contributed by atoms with Gasteiger partial charge in [-0.05, 0) is 36.6 Å². The van der Waals surface area contributed by atoms with E-state index in [2.05, 4.69) is 27.6 Å². The lowest BCUT2D eigenvalue weighted by molar-refractivity contribution is -0.130. The van der Waals surface area contributed by atoms with Crippen LogP contribution in [0, 0.1) is 0 Å². The molecule has 1 aromatic rings. The summed E-state index contributed by atoms with van der Waals surface area (Å²) in [5.41, 5.74) is 0.858. The van der Waals surface area contributed by atoms with Crippen molar-refractivity contribution in [2.45, 2.75) is 0 Å². The minimum absolute atomic E-state index is 0.215. The van der Waals surface area contributed by atoms with Gasteiger partial charge in [0.1, 0.15) is 0 Å². The highest BCUT2D eigenvalue weighted by Gasteiger charge is 2.08. The molecule has 0 aliphatic heterocycles. The van der Waals surface area contributed by atoms with Crippen molar-refractivity contribution >= 4 is 34.2 Å². The molecule has 0 aromatic heterocycles. The molecule has 0 radical (unpaired) electrons. The number of aliphatic carboxylic acids is 1. The Morgan fingerprint density at radius 3 is 2.50 bits per heavy atom. The number of carboxylic acid groups (broad SMARTS) is 1. The largest absolute Gasteiger partial charge is 0.478 e. The van der Waals surface area contributed by atoms with Crippen LogP contribution < -0.4 is 0 Å². The lowest BCUT2D eigenvalue weighted by Gasteiger charge is -2.01. The van der Waals surface area contributed by atoms with Crippen LogP contribution in [0.1, 0.15) is 5.56 Å². The van der Waals surface area contributed by atoms with Crippen molar-refractivity contribution in [2.24, 2.45) is 4.99 Å². The van der Waals surface area contributed by atoms with Gasteiger partial charge in [0.15, 0.2) is 0 Å². The van der Waals surface area contributed by atoms with Gasteiger partial charge in [-0.3, -0.25) is 4.99 Å². The molecule has 4 heteroatoms. The lowest BCUT2D eigenvalue weighted by atomic mass is 10.1. The standard InChI is InChI=1S/C12H10BrNO2/c1-14-8-2-3-11(12(15)16)9-4-6-10(13)7-5-9/h2-8H,1H2,(H,15,16)/b8-2-,11-3+. The van der Waals surface area contributed by atoms with Gasteiger partial charge >= 0.3 is 5.97 Å². The SMILES string of the molecule is C=N/C=C\C=C(\C(=O)O)c1ccc(Br)cc1. The molecule has 16 heavy (non-hydrogen) atoms. The van der Waals surface area contributed by atoms with E-state index in [0.29, 0.717) is 5.56 Å². The van der Waals surface area contributed by atoms with Gasteiger partial charge in [-0.1, -0.05) is 28.1 Å². The number of aliphatic imine (C=N–C) groups is 1. The average Bonchev–Trinajstić information content (AvgIpc) is 2.26. The summed E-state index contributed by atoms with van der Waals surface area (Å²) < 4.78 is 0.907. The zero-order valence-electron chi connectivity index (χ0n) is 8.43. The molecule has 0 aliphatic carbocycles. The van der Waals surface area contributed by atoms with Gasteiger partial charge in [-0.2, -0.15) is 0 Å². The van der Waals surface area contributed by atoms with Gasteiger partial charge in [0.05, 0.1) is 5.57 Å². The van der Waals surface area contributed by atoms with E-state index < -0.39 is 5.97 Å². The Morgan fingerprint density at radius 2 is 2.00 bits per heavy atom. The summed E-state index contributed by atoms with van der Waals surface area (Å²) in [7, 11) is 0. The second-order valence-corrected chi connectivity index (χ2v) is 3.83. The molecule has 0 saturated carbocycles. The number of halogens is 1. The van der Waals surface area contributed by atoms with Gasteiger partial charge in [0.2, 0.25) is 0 Å². The molecule has 0 fully saturated rings. The topological polar surface area (TPSA) is 49.7 Å². The minimum Gasteiger partial charge on any atom is -0.478 e. The molecule has 0 heterocycles. The quantitative estimate of drug-likeness (QED) is 0.523. The average molecular weight is 280 g/mol. The fraction of sp³-hybridized carbons (Fsp3) is 0. The van der Waals surface area contributed by atoms with Crippen LogP contribution in [0.25, 0.3) is 5.57 Å². The van der Waals surface area contributed by atoms with Gasteiger partial charge in [0, 0.05) is 10.7 Å². The third-order valence-corrected chi connectivity index (χ3v) is 2.37. The first-order valence-electron chi connectivity index (χ1n) is 4.47. The number of hydrogen-bond donors (Lipinski definition) is 1. The van der Waals surface area contributed by atoms with Crippen LogP contribution in [0.5, 0.6) is 0 Å². The van der Waals surface area contributed by atoms with Crippen LogP contribution in [-0.2, 0) is 4.79 Å². The second-order valence-electron chi connectivity index (χ2n) is 2.92. The summed E-state index contributed by atoms with van der Waals surface area (Å²) >= 11 is 3.29. The smallest absolute Gasteiger partial charge is 0.336 e. The van der Waals surface area contributed by atoms with Crippen LogP contribution in [0.4, 0.5) is 0 Å². The molecule has 1 N–H and O–H groups in total. The Balaban J connectivity index is 3.07. The summed E-state index contributed by atoms with van der Waals surface area (Å²) in [6.45, 7) is 3.27. The summed E-state index contributed by atoms with van der Waals surface area (Å²) in [4.78, 5) is 14.5. The molecule has 0 aliphatic rings. The maximum absolute atomic E-state index is 11.0. The van der Waals surface area contributed by atoms with E-state index in [4.69, 9.17) is 5.11 Å². The predicted octanol–water partition coefficient (Wildman–Crippen LogP) is 3.13. The summed E-state index contributed by atoms with van der Waals surface area (Å²) in [6.07, 6.45) is 4.46. The Hall–Kier alpha value is -1.68. The molecule has 0 bridgehead atoms. The number of carbonyl (C=O) groups is 1. The van der Waals surface area contributed by atoms with Crippen molar-refractivity contribution in [1.82, 2.24) is 0 Å². The van der Waals surface area contributed by atoms with E-state index in [-0.39, 0.29) is 5.57 Å². The normalized spacial score (nSPS) is 11.7. The number of allylic oxidation sites excluding steroid dienone is 2. The minimum atomic E-state index is -0.976. The van der Waals surface area contributed by atoms with Gasteiger partial charge < -0.3 is 5.11 Å². The van der Waals surface area contributed by atoms with Crippen LogP contribution in [0.3, 0.4) is 0 Å². The van der Waals surface area contributed by atoms with Gasteiger partial charge in [-0.25, -0.2) is 4.79 Å². The number of carboxylic acids is 1. The van der Waals surface area contributed by atoms with Crippen LogP contribution in [0.2, 0.25) is 0 Å². The van der Waals surface area contributed by atoms with E-state index in [1.807, 2.05) is 0 Å². The van der Waals surface area contributed by atoms with Crippen molar-refractivity contribution in [3.05, 3.63) is 52.7 Å². The molecule has 1 aromatic carbocycles. The van der Waals surface area contributed by atoms with Gasteiger partial charge in [0.25, 0.3) is 0 Å². The Morgan fingerprint density at radius 1 is 1.38 bits per heavy atom. The first-order valence-corrected chi connectivity index (χ1v) is 5.26. The van der Waals surface area contributed by atoms with Crippen molar-refractivity contribution < 1.29 is 9.90 Å². The van der Waals surface area contributed by atoms with Crippen molar-refractivity contribution in [1.29, 1.82) is 0 Å². The molecule has 0 saturated heterocycles. The first-order chi connectivity index (χ1) is 7.65. The predicted molar refractivity (Wildman–Crippen MR) is 68.4 cm³/mol. The zero-order chi connectivity index (χ0) is 12.0. The van der Waals surface area contributed by atoms with E-state index >= 15 is 0 Å². The second kappa shape index (κ2) is 6.02. The molecule has 0 unspecified atom stereocenters. The van der Waals surface area contributed by atoms with E-state index in [1.54, 1.807) is 30.3 Å². The Labute approximate surface area is 102 Å². The highest BCUT2D eigenvalue weighted by Crippen LogP contribution is 2.18. The third kappa shape index (κ3) is 3.47. The van der Waals surface area contributed by atoms with E-state index in [0.717, 1.165) is 4.47 Å². The first kappa shape index (κ1) is 12.4. The van der Waals surface area contributed by atoms with Crippen LogP contribution in [-0.4, -0.2) is 17.8 Å². The van der Waals surface area contributed by atoms with Crippen LogP contribution in [0.15, 0.2) is 52.1 Å². The highest BCUT2D eigenvalue weighted by molar-refractivity contribution is 9.10. The maximum atomic E-state index is 11.0. The monoisotopic (exact) mass is 279 g/mol. The molecule has 0 atom stereocenters. The Kier molecular flexibility index (Phi) is 4.66. The Bertz CT molecular complexity index is 447. The van der Waals surface area contributed by atoms with E-state index in [1.165, 1.54) is 12.3 Å². The number of rotatable bonds is 4. The zero-order valence-corrected chi connectivity index (χ0v) is 10.0. The number of nitrogens with zero attached hydrogens (tertiary/aromatic N) is 1. The fourth-order valence-corrected chi connectivity index (χ4v) is 1.38. The van der Waals surface area contributed by atoms with Gasteiger partial charge in [-0.15, -0.1) is 0 Å². The van der Waals surface area contributed by atoms with Crippen LogP contribution >= 0.6 is 15.9 Å². The summed E-state index contributed by atoms with van der Waals surface area (Å²) in [6, 6.07) is 7.06. The summed E-state index contributed by atoms with van der Waals surface area (Å²) in [5, 5.41) is 9.04. The molecular formula is C12H10BrNO2. The number of hydrogen-bond acceptors (Lipinski definition) is 2. The third-order valence-electron chi connectivity index (χ3n) is 1.84. The highest BCUT2D eigenvalue weighted by atomic mass is 79.9.